The van der Waals surface area contributed by atoms with E-state index in [1.807, 2.05) is 17.6 Å². The van der Waals surface area contributed by atoms with E-state index in [2.05, 4.69) is 4.90 Å². The van der Waals surface area contributed by atoms with E-state index >= 15 is 0 Å². The lowest BCUT2D eigenvalue weighted by Crippen LogP contribution is -2.29. The fourth-order valence-corrected chi connectivity index (χ4v) is 3.42. The van der Waals surface area contributed by atoms with Crippen molar-refractivity contribution in [3.8, 4) is 5.75 Å². The van der Waals surface area contributed by atoms with Crippen LogP contribution in [0.5, 0.6) is 5.75 Å². The number of fused-ring (bicyclic) bond motifs is 1. The van der Waals surface area contributed by atoms with Crippen molar-refractivity contribution in [2.45, 2.75) is 39.7 Å². The Balaban J connectivity index is 2.18. The number of pyridine rings is 1. The Bertz CT molecular complexity index is 851. The van der Waals surface area contributed by atoms with Crippen molar-refractivity contribution < 1.29 is 14.6 Å². The molecule has 134 valence electrons. The van der Waals surface area contributed by atoms with E-state index in [1.54, 1.807) is 13.1 Å². The van der Waals surface area contributed by atoms with E-state index in [-0.39, 0.29) is 17.9 Å². The van der Waals surface area contributed by atoms with Crippen molar-refractivity contribution >= 4 is 22.6 Å². The molecule has 1 N–H and O–H groups in total. The number of rotatable bonds is 4. The van der Waals surface area contributed by atoms with Gasteiger partial charge < -0.3 is 19.3 Å². The van der Waals surface area contributed by atoms with Gasteiger partial charge in [0.25, 0.3) is 0 Å². The largest absolute Gasteiger partial charge is 0.506 e. The summed E-state index contributed by atoms with van der Waals surface area (Å²) in [7, 11) is 0. The molecular weight excluding hydrogens is 320 g/mol. The van der Waals surface area contributed by atoms with E-state index in [9.17, 15) is 14.7 Å². The molecule has 2 heterocycles. The fraction of sp³-hybridized carbons (Fsp3) is 0.474. The van der Waals surface area contributed by atoms with Crippen molar-refractivity contribution in [2.75, 3.05) is 24.6 Å². The number of esters is 1. The lowest BCUT2D eigenvalue weighted by Gasteiger charge is -2.29. The summed E-state index contributed by atoms with van der Waals surface area (Å²) >= 11 is 0. The zero-order valence-corrected chi connectivity index (χ0v) is 14.7. The molecule has 6 heteroatoms. The van der Waals surface area contributed by atoms with Crippen molar-refractivity contribution in [1.82, 2.24) is 4.57 Å². The van der Waals surface area contributed by atoms with Crippen LogP contribution in [0.15, 0.2) is 23.1 Å². The monoisotopic (exact) mass is 344 g/mol. The number of aryl methyl sites for hydroxylation is 1. The number of phenolic OH excluding ortho intramolecular Hbond substituents is 1. The van der Waals surface area contributed by atoms with Gasteiger partial charge in [-0.15, -0.1) is 0 Å². The first-order valence-corrected chi connectivity index (χ1v) is 8.89. The normalized spacial score (nSPS) is 14.7. The number of ether oxygens (including phenoxy) is 1. The van der Waals surface area contributed by atoms with Gasteiger partial charge >= 0.3 is 5.97 Å². The van der Waals surface area contributed by atoms with Gasteiger partial charge in [-0.2, -0.15) is 0 Å². The second-order valence-corrected chi connectivity index (χ2v) is 6.28. The molecule has 0 saturated carbocycles. The third-order valence-corrected chi connectivity index (χ3v) is 4.71. The zero-order valence-electron chi connectivity index (χ0n) is 14.7. The Hall–Kier alpha value is -2.50. The Morgan fingerprint density at radius 2 is 1.92 bits per heavy atom. The number of carbonyl (C=O) groups is 1. The molecule has 0 atom stereocenters. The highest BCUT2D eigenvalue weighted by atomic mass is 16.5. The standard InChI is InChI=1S/C19H24N2O4/c1-3-20-12-14(19(24)25-4-2)18(23)13-10-17(22)16(11-15(13)20)21-8-6-5-7-9-21/h10-12,22H,3-9H2,1-2H3. The van der Waals surface area contributed by atoms with Crippen LogP contribution in [-0.2, 0) is 11.3 Å². The minimum Gasteiger partial charge on any atom is -0.506 e. The van der Waals surface area contributed by atoms with E-state index < -0.39 is 11.4 Å². The maximum Gasteiger partial charge on any atom is 0.343 e. The third-order valence-electron chi connectivity index (χ3n) is 4.71. The lowest BCUT2D eigenvalue weighted by atomic mass is 10.1. The van der Waals surface area contributed by atoms with Gasteiger partial charge in [0.05, 0.1) is 23.2 Å². The highest BCUT2D eigenvalue weighted by molar-refractivity contribution is 5.95. The Morgan fingerprint density at radius 3 is 2.56 bits per heavy atom. The van der Waals surface area contributed by atoms with Crippen LogP contribution in [0, 0.1) is 0 Å². The van der Waals surface area contributed by atoms with Gasteiger partial charge in [-0.25, -0.2) is 4.79 Å². The average molecular weight is 344 g/mol. The summed E-state index contributed by atoms with van der Waals surface area (Å²) < 4.78 is 6.84. The first-order valence-electron chi connectivity index (χ1n) is 8.89. The van der Waals surface area contributed by atoms with Gasteiger partial charge in [0.15, 0.2) is 0 Å². The van der Waals surface area contributed by atoms with E-state index in [1.165, 1.54) is 12.5 Å². The first-order chi connectivity index (χ1) is 12.1. The molecule has 1 aromatic heterocycles. The highest BCUT2D eigenvalue weighted by Gasteiger charge is 2.20. The number of aromatic nitrogens is 1. The summed E-state index contributed by atoms with van der Waals surface area (Å²) in [5.74, 6) is -0.550. The number of hydrogen-bond acceptors (Lipinski definition) is 5. The maximum absolute atomic E-state index is 12.7. The van der Waals surface area contributed by atoms with Crippen LogP contribution in [0.4, 0.5) is 5.69 Å². The molecule has 2 aromatic rings. The van der Waals surface area contributed by atoms with Crippen LogP contribution < -0.4 is 10.3 Å². The van der Waals surface area contributed by atoms with Gasteiger partial charge in [-0.05, 0) is 45.2 Å². The minimum absolute atomic E-state index is 0.00122. The highest BCUT2D eigenvalue weighted by Crippen LogP contribution is 2.33. The molecule has 0 aliphatic carbocycles. The number of benzene rings is 1. The molecule has 0 radical (unpaired) electrons. The smallest absolute Gasteiger partial charge is 0.343 e. The maximum atomic E-state index is 12.7. The second kappa shape index (κ2) is 7.17. The Labute approximate surface area is 146 Å². The molecule has 1 aliphatic heterocycles. The molecule has 1 saturated heterocycles. The summed E-state index contributed by atoms with van der Waals surface area (Å²) in [5.41, 5.74) is 1.07. The summed E-state index contributed by atoms with van der Waals surface area (Å²) in [6.07, 6.45) is 4.95. The van der Waals surface area contributed by atoms with Crippen LogP contribution in [0.2, 0.25) is 0 Å². The molecular formula is C19H24N2O4. The average Bonchev–Trinajstić information content (AvgIpc) is 2.63. The summed E-state index contributed by atoms with van der Waals surface area (Å²) in [5, 5.41) is 10.8. The fourth-order valence-electron chi connectivity index (χ4n) is 3.42. The number of phenols is 1. The van der Waals surface area contributed by atoms with Crippen LogP contribution >= 0.6 is 0 Å². The van der Waals surface area contributed by atoms with Gasteiger partial charge in [-0.3, -0.25) is 4.79 Å². The Kier molecular flexibility index (Phi) is 4.97. The number of piperidine rings is 1. The molecule has 0 amide bonds. The number of aromatic hydroxyl groups is 1. The van der Waals surface area contributed by atoms with Crippen molar-refractivity contribution in [1.29, 1.82) is 0 Å². The molecule has 6 nitrogen and oxygen atoms in total. The van der Waals surface area contributed by atoms with Crippen LogP contribution in [0.3, 0.4) is 0 Å². The molecule has 3 rings (SSSR count). The van der Waals surface area contributed by atoms with Gasteiger partial charge in [0, 0.05) is 25.8 Å². The SMILES string of the molecule is CCOC(=O)c1cn(CC)c2cc(N3CCCCC3)c(O)cc2c1=O. The summed E-state index contributed by atoms with van der Waals surface area (Å²) in [6, 6.07) is 3.34. The summed E-state index contributed by atoms with van der Waals surface area (Å²) in [4.78, 5) is 26.9. The van der Waals surface area contributed by atoms with E-state index in [0.29, 0.717) is 11.9 Å². The first kappa shape index (κ1) is 17.3. The third kappa shape index (κ3) is 3.21. The Morgan fingerprint density at radius 1 is 1.20 bits per heavy atom. The van der Waals surface area contributed by atoms with Crippen molar-refractivity contribution in [3.63, 3.8) is 0 Å². The number of carbonyl (C=O) groups excluding carboxylic acids is 1. The molecule has 25 heavy (non-hydrogen) atoms. The predicted octanol–water partition coefficient (Wildman–Crippen LogP) is 2.89. The number of hydrogen-bond donors (Lipinski definition) is 1. The topological polar surface area (TPSA) is 71.8 Å². The number of anilines is 1. The van der Waals surface area contributed by atoms with Crippen molar-refractivity contribution in [2.24, 2.45) is 0 Å². The van der Waals surface area contributed by atoms with Gasteiger partial charge in [0.1, 0.15) is 11.3 Å². The predicted molar refractivity (Wildman–Crippen MR) is 97.6 cm³/mol. The molecule has 0 spiro atoms. The van der Waals surface area contributed by atoms with Gasteiger partial charge in [0.2, 0.25) is 5.43 Å². The summed E-state index contributed by atoms with van der Waals surface area (Å²) in [6.45, 7) is 6.27. The van der Waals surface area contributed by atoms with Gasteiger partial charge in [-0.1, -0.05) is 0 Å². The molecule has 1 aromatic carbocycles. The zero-order chi connectivity index (χ0) is 18.0. The molecule has 1 fully saturated rings. The second-order valence-electron chi connectivity index (χ2n) is 6.28. The van der Waals surface area contributed by atoms with E-state index in [4.69, 9.17) is 4.74 Å². The molecule has 1 aliphatic rings. The van der Waals surface area contributed by atoms with Crippen LogP contribution in [0.1, 0.15) is 43.5 Å². The van der Waals surface area contributed by atoms with Crippen LogP contribution in [-0.4, -0.2) is 35.3 Å². The molecule has 0 unspecified atom stereocenters. The molecule has 0 bridgehead atoms. The quantitative estimate of drug-likeness (QED) is 0.864. The van der Waals surface area contributed by atoms with Crippen LogP contribution in [0.25, 0.3) is 10.9 Å². The minimum atomic E-state index is -0.629. The lowest BCUT2D eigenvalue weighted by molar-refractivity contribution is 0.0524. The van der Waals surface area contributed by atoms with Crippen molar-refractivity contribution in [3.05, 3.63) is 34.1 Å². The number of nitrogens with zero attached hydrogens (tertiary/aromatic N) is 2. The van der Waals surface area contributed by atoms with E-state index in [0.717, 1.165) is 37.1 Å².